The normalized spacial score (nSPS) is 12.8. The van der Waals surface area contributed by atoms with Gasteiger partial charge in [0.15, 0.2) is 40.5 Å². The molecule has 5 nitrogen and oxygen atoms in total. The average Bonchev–Trinajstić information content (AvgIpc) is 3.68. The molecule has 0 radical (unpaired) electrons. The van der Waals surface area contributed by atoms with Gasteiger partial charge in [-0.1, -0.05) is 206 Å². The second kappa shape index (κ2) is 14.9. The zero-order chi connectivity index (χ0) is 41.7. The lowest BCUT2D eigenvalue weighted by Gasteiger charge is -2.34. The summed E-state index contributed by atoms with van der Waals surface area (Å²) in [6.07, 6.45) is 0. The fraction of sp³-hybridized carbons (Fsp3) is 0.0172. The lowest BCUT2D eigenvalue weighted by atomic mass is 9.68. The monoisotopic (exact) mass is 807 g/mol. The van der Waals surface area contributed by atoms with Crippen LogP contribution < -0.4 is 9.47 Å². The Bertz CT molecular complexity index is 3280. The van der Waals surface area contributed by atoms with E-state index in [9.17, 15) is 0 Å². The Kier molecular flexibility index (Phi) is 8.64. The van der Waals surface area contributed by atoms with Crippen LogP contribution in [0.25, 0.3) is 67.5 Å². The minimum atomic E-state index is -0.526. The van der Waals surface area contributed by atoms with E-state index in [2.05, 4.69) is 176 Å². The van der Waals surface area contributed by atoms with Gasteiger partial charge in [-0.3, -0.25) is 0 Å². The molecule has 0 bridgehead atoms. The van der Waals surface area contributed by atoms with Gasteiger partial charge in [-0.2, -0.15) is 0 Å². The van der Waals surface area contributed by atoms with Gasteiger partial charge in [0, 0.05) is 22.3 Å². The summed E-state index contributed by atoms with van der Waals surface area (Å²) in [6, 6.07) is 77.8. The van der Waals surface area contributed by atoms with Gasteiger partial charge in [-0.15, -0.1) is 0 Å². The molecule has 0 unspecified atom stereocenters. The van der Waals surface area contributed by atoms with E-state index >= 15 is 0 Å². The van der Waals surface area contributed by atoms with E-state index in [1.807, 2.05) is 48.5 Å². The number of rotatable bonds is 7. The van der Waals surface area contributed by atoms with Crippen LogP contribution in [0.3, 0.4) is 0 Å². The molecule has 0 N–H and O–H groups in total. The number of nitrogens with zero attached hydrogens (tertiary/aromatic N) is 3. The third kappa shape index (κ3) is 6.05. The molecule has 296 valence electrons. The first kappa shape index (κ1) is 36.4. The van der Waals surface area contributed by atoms with Gasteiger partial charge in [0.25, 0.3) is 0 Å². The summed E-state index contributed by atoms with van der Waals surface area (Å²) in [7, 11) is 0. The third-order valence-electron chi connectivity index (χ3n) is 12.3. The maximum absolute atomic E-state index is 6.89. The van der Waals surface area contributed by atoms with E-state index in [4.69, 9.17) is 24.4 Å². The number of benzene rings is 9. The quantitative estimate of drug-likeness (QED) is 0.161. The van der Waals surface area contributed by atoms with Crippen molar-refractivity contribution in [2.24, 2.45) is 0 Å². The second-order valence-corrected chi connectivity index (χ2v) is 15.9. The van der Waals surface area contributed by atoms with Crippen LogP contribution >= 0.6 is 0 Å². The number of hydrogen-bond acceptors (Lipinski definition) is 5. The van der Waals surface area contributed by atoms with E-state index in [1.165, 1.54) is 22.3 Å². The van der Waals surface area contributed by atoms with Crippen molar-refractivity contribution in [1.29, 1.82) is 0 Å². The van der Waals surface area contributed by atoms with Gasteiger partial charge in [-0.05, 0) is 68.3 Å². The van der Waals surface area contributed by atoms with E-state index in [-0.39, 0.29) is 0 Å². The molecule has 10 aromatic rings. The van der Waals surface area contributed by atoms with Crippen LogP contribution in [-0.2, 0) is 5.41 Å². The maximum Gasteiger partial charge on any atom is 0.178 e. The minimum Gasteiger partial charge on any atom is -0.449 e. The minimum absolute atomic E-state index is 0.526. The van der Waals surface area contributed by atoms with Crippen LogP contribution in [0.5, 0.6) is 23.0 Å². The molecule has 0 saturated carbocycles. The third-order valence-corrected chi connectivity index (χ3v) is 12.3. The van der Waals surface area contributed by atoms with Crippen LogP contribution in [0.4, 0.5) is 0 Å². The van der Waals surface area contributed by atoms with E-state index in [0.29, 0.717) is 34.7 Å². The molecule has 9 aromatic carbocycles. The molecule has 2 heterocycles. The Balaban J connectivity index is 0.899. The van der Waals surface area contributed by atoms with Crippen molar-refractivity contribution in [2.75, 3.05) is 0 Å². The van der Waals surface area contributed by atoms with Gasteiger partial charge in [0.1, 0.15) is 0 Å². The fourth-order valence-corrected chi connectivity index (χ4v) is 9.44. The van der Waals surface area contributed by atoms with E-state index < -0.39 is 5.41 Å². The second-order valence-electron chi connectivity index (χ2n) is 15.9. The van der Waals surface area contributed by atoms with Crippen molar-refractivity contribution in [2.45, 2.75) is 5.41 Å². The highest BCUT2D eigenvalue weighted by atomic mass is 16.6. The van der Waals surface area contributed by atoms with Gasteiger partial charge in [0.2, 0.25) is 0 Å². The summed E-state index contributed by atoms with van der Waals surface area (Å²) in [5.74, 6) is 4.60. The molecule has 0 fully saturated rings. The smallest absolute Gasteiger partial charge is 0.178 e. The molecule has 1 aliphatic carbocycles. The van der Waals surface area contributed by atoms with Gasteiger partial charge < -0.3 is 9.47 Å². The van der Waals surface area contributed by atoms with E-state index in [0.717, 1.165) is 55.8 Å². The average molecular weight is 808 g/mol. The molecule has 1 aliphatic heterocycles. The molecule has 12 rings (SSSR count). The number of fused-ring (bicyclic) bond motifs is 6. The highest BCUT2D eigenvalue weighted by Crippen LogP contribution is 2.62. The topological polar surface area (TPSA) is 57.1 Å². The highest BCUT2D eigenvalue weighted by Gasteiger charge is 2.48. The zero-order valence-corrected chi connectivity index (χ0v) is 34.0. The van der Waals surface area contributed by atoms with Crippen LogP contribution in [0, 0.1) is 0 Å². The van der Waals surface area contributed by atoms with E-state index in [1.54, 1.807) is 0 Å². The van der Waals surface area contributed by atoms with Gasteiger partial charge >= 0.3 is 0 Å². The molecule has 2 aliphatic rings. The van der Waals surface area contributed by atoms with Crippen molar-refractivity contribution in [3.63, 3.8) is 0 Å². The first-order chi connectivity index (χ1) is 31.2. The van der Waals surface area contributed by atoms with Crippen molar-refractivity contribution in [1.82, 2.24) is 15.0 Å². The molecular weight excluding hydrogens is 771 g/mol. The highest BCUT2D eigenvalue weighted by molar-refractivity contribution is 5.92. The number of aromatic nitrogens is 3. The summed E-state index contributed by atoms with van der Waals surface area (Å²) in [4.78, 5) is 15.1. The standard InChI is InChI=1S/C58H37N3O2/c1-5-17-39(18-6-1)45-25-13-14-26-46(45)57-60-55(40-19-7-2-8-20-40)59-56(61-57)41-31-29-38(30-32-41)42-33-35-50-52(37-42)62-51-36-34-49-53(54(51)63-50)47-27-15-16-28-48(47)58(49,43-21-9-3-10-22-43)44-23-11-4-12-24-44/h1-37H. The largest absolute Gasteiger partial charge is 0.449 e. The molecule has 0 atom stereocenters. The molecule has 5 heteroatoms. The molecule has 0 amide bonds. The molecule has 1 aromatic heterocycles. The Morgan fingerprint density at radius 2 is 0.794 bits per heavy atom. The Morgan fingerprint density at radius 3 is 1.46 bits per heavy atom. The van der Waals surface area contributed by atoms with Gasteiger partial charge in [-0.25, -0.2) is 15.0 Å². The SMILES string of the molecule is c1ccc(-c2nc(-c3ccc(-c4ccc5c(c4)Oc4ccc6c(c4O5)-c4ccccc4C6(c4ccccc4)c4ccccc4)cc3)nc(-c3ccccc3-c3ccccc3)n2)cc1. The fourth-order valence-electron chi connectivity index (χ4n) is 9.44. The number of hydrogen-bond donors (Lipinski definition) is 0. The van der Waals surface area contributed by atoms with Gasteiger partial charge in [0.05, 0.1) is 5.41 Å². The maximum atomic E-state index is 6.89. The first-order valence-corrected chi connectivity index (χ1v) is 21.2. The molecule has 0 saturated heterocycles. The van der Waals surface area contributed by atoms with Crippen molar-refractivity contribution >= 4 is 0 Å². The predicted octanol–water partition coefficient (Wildman–Crippen LogP) is 14.5. The summed E-state index contributed by atoms with van der Waals surface area (Å²) in [5.41, 5.74) is 13.4. The lowest BCUT2D eigenvalue weighted by Crippen LogP contribution is -2.28. The zero-order valence-electron chi connectivity index (χ0n) is 34.0. The van der Waals surface area contributed by atoms with Crippen molar-refractivity contribution in [3.8, 4) is 90.5 Å². The van der Waals surface area contributed by atoms with Crippen LogP contribution in [0.1, 0.15) is 22.3 Å². The van der Waals surface area contributed by atoms with Crippen molar-refractivity contribution in [3.05, 3.63) is 247 Å². The summed E-state index contributed by atoms with van der Waals surface area (Å²) in [6.45, 7) is 0. The summed E-state index contributed by atoms with van der Waals surface area (Å²) in [5, 5.41) is 0. The molecular formula is C58H37N3O2. The predicted molar refractivity (Wildman–Crippen MR) is 251 cm³/mol. The Hall–Kier alpha value is -8.41. The van der Waals surface area contributed by atoms with Crippen molar-refractivity contribution < 1.29 is 9.47 Å². The first-order valence-electron chi connectivity index (χ1n) is 21.2. The molecule has 63 heavy (non-hydrogen) atoms. The van der Waals surface area contributed by atoms with Crippen LogP contribution in [0.15, 0.2) is 224 Å². The number of ether oxygens (including phenoxy) is 2. The summed E-state index contributed by atoms with van der Waals surface area (Å²) >= 11 is 0. The molecule has 0 spiro atoms. The summed E-state index contributed by atoms with van der Waals surface area (Å²) < 4.78 is 13.6. The Labute approximate surface area is 365 Å². The lowest BCUT2D eigenvalue weighted by molar-refractivity contribution is 0.360. The Morgan fingerprint density at radius 1 is 0.302 bits per heavy atom. The van der Waals surface area contributed by atoms with Crippen LogP contribution in [0.2, 0.25) is 0 Å². The van der Waals surface area contributed by atoms with Crippen LogP contribution in [-0.4, -0.2) is 15.0 Å².